The van der Waals surface area contributed by atoms with Gasteiger partial charge in [0.25, 0.3) is 0 Å². The molecule has 0 radical (unpaired) electrons. The normalized spacial score (nSPS) is 17.2. The standard InChI is InChI=1S/C22H26N2O2/c1-16(2)24-15-19(13-21(24)25)22(26)23-14-20(17-9-5-3-6-10-17)18-11-7-4-8-12-18/h3-12,16,19-20H,13-15H2,1-2H3,(H,23,26)/t19-/m0/s1. The number of benzene rings is 2. The molecule has 1 atom stereocenters. The van der Waals surface area contributed by atoms with Crippen molar-refractivity contribution >= 4 is 11.8 Å². The number of carbonyl (C=O) groups excluding carboxylic acids is 2. The fourth-order valence-electron chi connectivity index (χ4n) is 3.55. The molecule has 1 aliphatic heterocycles. The fourth-order valence-corrected chi connectivity index (χ4v) is 3.55. The van der Waals surface area contributed by atoms with Gasteiger partial charge in [-0.25, -0.2) is 0 Å². The second-order valence-electron chi connectivity index (χ2n) is 7.16. The minimum absolute atomic E-state index is 0.0293. The van der Waals surface area contributed by atoms with Gasteiger partial charge in [-0.3, -0.25) is 9.59 Å². The average Bonchev–Trinajstić information content (AvgIpc) is 3.06. The molecule has 1 fully saturated rings. The lowest BCUT2D eigenvalue weighted by molar-refractivity contribution is -0.129. The Kier molecular flexibility index (Phi) is 5.71. The summed E-state index contributed by atoms with van der Waals surface area (Å²) in [7, 11) is 0. The number of likely N-dealkylation sites (tertiary alicyclic amines) is 1. The number of nitrogens with one attached hydrogen (secondary N) is 1. The van der Waals surface area contributed by atoms with Gasteiger partial charge in [-0.1, -0.05) is 60.7 Å². The molecular weight excluding hydrogens is 324 g/mol. The van der Waals surface area contributed by atoms with Crippen LogP contribution in [-0.2, 0) is 9.59 Å². The summed E-state index contributed by atoms with van der Waals surface area (Å²) in [6, 6.07) is 20.5. The van der Waals surface area contributed by atoms with Crippen molar-refractivity contribution in [3.05, 3.63) is 71.8 Å². The number of carbonyl (C=O) groups is 2. The number of rotatable bonds is 6. The highest BCUT2D eigenvalue weighted by Crippen LogP contribution is 2.25. The largest absolute Gasteiger partial charge is 0.355 e. The number of hydrogen-bond donors (Lipinski definition) is 1. The molecule has 0 aliphatic carbocycles. The third-order valence-electron chi connectivity index (χ3n) is 5.04. The molecule has 4 heteroatoms. The van der Waals surface area contributed by atoms with Gasteiger partial charge >= 0.3 is 0 Å². The Hall–Kier alpha value is -2.62. The number of amides is 2. The Labute approximate surface area is 155 Å². The molecule has 2 aromatic rings. The Balaban J connectivity index is 1.69. The van der Waals surface area contributed by atoms with E-state index >= 15 is 0 Å². The first-order chi connectivity index (χ1) is 12.6. The Bertz CT molecular complexity index is 704. The van der Waals surface area contributed by atoms with Gasteiger partial charge in [-0.05, 0) is 25.0 Å². The minimum atomic E-state index is -0.253. The van der Waals surface area contributed by atoms with Crippen LogP contribution in [0.25, 0.3) is 0 Å². The lowest BCUT2D eigenvalue weighted by Gasteiger charge is -2.22. The summed E-state index contributed by atoms with van der Waals surface area (Å²) >= 11 is 0. The van der Waals surface area contributed by atoms with E-state index in [9.17, 15) is 9.59 Å². The predicted octanol–water partition coefficient (Wildman–Crippen LogP) is 3.19. The molecule has 1 N–H and O–H groups in total. The smallest absolute Gasteiger partial charge is 0.225 e. The maximum Gasteiger partial charge on any atom is 0.225 e. The average molecular weight is 350 g/mol. The second kappa shape index (κ2) is 8.17. The predicted molar refractivity (Wildman–Crippen MR) is 103 cm³/mol. The monoisotopic (exact) mass is 350 g/mol. The van der Waals surface area contributed by atoms with E-state index in [0.717, 1.165) is 0 Å². The van der Waals surface area contributed by atoms with E-state index in [2.05, 4.69) is 29.6 Å². The van der Waals surface area contributed by atoms with Crippen molar-refractivity contribution in [2.24, 2.45) is 5.92 Å². The van der Waals surface area contributed by atoms with E-state index in [-0.39, 0.29) is 29.7 Å². The highest BCUT2D eigenvalue weighted by atomic mass is 16.2. The van der Waals surface area contributed by atoms with Crippen LogP contribution in [0.1, 0.15) is 37.3 Å². The fraction of sp³-hybridized carbons (Fsp3) is 0.364. The van der Waals surface area contributed by atoms with Crippen LogP contribution in [-0.4, -0.2) is 35.8 Å². The summed E-state index contributed by atoms with van der Waals surface area (Å²) in [5.41, 5.74) is 2.34. The van der Waals surface area contributed by atoms with Crippen LogP contribution >= 0.6 is 0 Å². The summed E-state index contributed by atoms with van der Waals surface area (Å²) in [6.45, 7) is 5.01. The van der Waals surface area contributed by atoms with Crippen LogP contribution in [0.5, 0.6) is 0 Å². The first kappa shape index (κ1) is 18.2. The van der Waals surface area contributed by atoms with E-state index in [1.807, 2.05) is 50.2 Å². The molecule has 0 spiro atoms. The van der Waals surface area contributed by atoms with Crippen LogP contribution in [0.2, 0.25) is 0 Å². The maximum absolute atomic E-state index is 12.6. The Morgan fingerprint density at radius 1 is 1.04 bits per heavy atom. The van der Waals surface area contributed by atoms with Crippen molar-refractivity contribution in [2.45, 2.75) is 32.2 Å². The van der Waals surface area contributed by atoms with Gasteiger partial charge in [-0.2, -0.15) is 0 Å². The molecule has 0 saturated carbocycles. The van der Waals surface area contributed by atoms with Gasteiger partial charge in [0.15, 0.2) is 0 Å². The van der Waals surface area contributed by atoms with E-state index < -0.39 is 0 Å². The summed E-state index contributed by atoms with van der Waals surface area (Å²) in [6.07, 6.45) is 0.311. The number of hydrogen-bond acceptors (Lipinski definition) is 2. The molecule has 2 amide bonds. The van der Waals surface area contributed by atoms with Crippen molar-refractivity contribution in [1.82, 2.24) is 10.2 Å². The highest BCUT2D eigenvalue weighted by molar-refractivity contribution is 5.89. The highest BCUT2D eigenvalue weighted by Gasteiger charge is 2.35. The lowest BCUT2D eigenvalue weighted by Crippen LogP contribution is -2.37. The zero-order chi connectivity index (χ0) is 18.5. The van der Waals surface area contributed by atoms with E-state index in [1.165, 1.54) is 11.1 Å². The molecule has 0 unspecified atom stereocenters. The second-order valence-corrected chi connectivity index (χ2v) is 7.16. The van der Waals surface area contributed by atoms with Gasteiger partial charge in [-0.15, -0.1) is 0 Å². The van der Waals surface area contributed by atoms with Crippen LogP contribution < -0.4 is 5.32 Å². The van der Waals surface area contributed by atoms with Gasteiger partial charge in [0.1, 0.15) is 0 Å². The van der Waals surface area contributed by atoms with E-state index in [1.54, 1.807) is 4.90 Å². The van der Waals surface area contributed by atoms with Crippen molar-refractivity contribution in [1.29, 1.82) is 0 Å². The molecule has 26 heavy (non-hydrogen) atoms. The van der Waals surface area contributed by atoms with Crippen LogP contribution in [0.4, 0.5) is 0 Å². The molecular formula is C22H26N2O2. The molecule has 4 nitrogen and oxygen atoms in total. The van der Waals surface area contributed by atoms with Gasteiger partial charge in [0.2, 0.25) is 11.8 Å². The molecule has 0 bridgehead atoms. The lowest BCUT2D eigenvalue weighted by atomic mass is 9.91. The summed E-state index contributed by atoms with van der Waals surface area (Å²) in [4.78, 5) is 26.5. The third kappa shape index (κ3) is 4.13. The zero-order valence-corrected chi connectivity index (χ0v) is 15.4. The third-order valence-corrected chi connectivity index (χ3v) is 5.04. The topological polar surface area (TPSA) is 49.4 Å². The molecule has 1 heterocycles. The molecule has 1 saturated heterocycles. The first-order valence-electron chi connectivity index (χ1n) is 9.23. The summed E-state index contributed by atoms with van der Waals surface area (Å²) < 4.78 is 0. The quantitative estimate of drug-likeness (QED) is 0.870. The molecule has 3 rings (SSSR count). The van der Waals surface area contributed by atoms with Crippen molar-refractivity contribution in [2.75, 3.05) is 13.1 Å². The Morgan fingerprint density at radius 3 is 2.04 bits per heavy atom. The summed E-state index contributed by atoms with van der Waals surface area (Å²) in [5.74, 6) is -0.113. The molecule has 0 aromatic heterocycles. The van der Waals surface area contributed by atoms with Crippen molar-refractivity contribution in [3.63, 3.8) is 0 Å². The molecule has 136 valence electrons. The van der Waals surface area contributed by atoms with E-state index in [0.29, 0.717) is 19.5 Å². The van der Waals surface area contributed by atoms with Crippen LogP contribution in [0, 0.1) is 5.92 Å². The van der Waals surface area contributed by atoms with E-state index in [4.69, 9.17) is 0 Å². The summed E-state index contributed by atoms with van der Waals surface area (Å²) in [5, 5.41) is 3.08. The molecule has 2 aromatic carbocycles. The Morgan fingerprint density at radius 2 is 1.58 bits per heavy atom. The van der Waals surface area contributed by atoms with Gasteiger partial charge in [0.05, 0.1) is 5.92 Å². The SMILES string of the molecule is CC(C)N1C[C@@H](C(=O)NCC(c2ccccc2)c2ccccc2)CC1=O. The zero-order valence-electron chi connectivity index (χ0n) is 15.4. The van der Waals surface area contributed by atoms with Crippen LogP contribution in [0.3, 0.4) is 0 Å². The van der Waals surface area contributed by atoms with Crippen molar-refractivity contribution in [3.8, 4) is 0 Å². The minimum Gasteiger partial charge on any atom is -0.355 e. The molecule has 1 aliphatic rings. The van der Waals surface area contributed by atoms with Gasteiger partial charge < -0.3 is 10.2 Å². The van der Waals surface area contributed by atoms with Crippen molar-refractivity contribution < 1.29 is 9.59 Å². The first-order valence-corrected chi connectivity index (χ1v) is 9.23. The number of nitrogens with zero attached hydrogens (tertiary/aromatic N) is 1. The maximum atomic E-state index is 12.6. The van der Waals surface area contributed by atoms with Crippen LogP contribution in [0.15, 0.2) is 60.7 Å². The van der Waals surface area contributed by atoms with Gasteiger partial charge in [0, 0.05) is 31.5 Å².